The fraction of sp³-hybridized carbons (Fsp3) is 0.294. The molecule has 25 heavy (non-hydrogen) atoms. The minimum Gasteiger partial charge on any atom is -0.480 e. The molecule has 4 heterocycles. The van der Waals surface area contributed by atoms with Crippen molar-refractivity contribution in [1.82, 2.24) is 24.7 Å². The molecule has 3 aromatic rings. The Balaban J connectivity index is 1.78. The fourth-order valence-corrected chi connectivity index (χ4v) is 3.34. The maximum absolute atomic E-state index is 9.57. The second-order valence-electron chi connectivity index (χ2n) is 5.97. The molecule has 0 fully saturated rings. The molecule has 0 aromatic carbocycles. The molecule has 126 valence electrons. The summed E-state index contributed by atoms with van der Waals surface area (Å²) < 4.78 is 7.03. The number of anilines is 1. The van der Waals surface area contributed by atoms with Crippen molar-refractivity contribution in [3.8, 4) is 11.9 Å². The Morgan fingerprint density at radius 3 is 3.00 bits per heavy atom. The molecule has 0 radical (unpaired) electrons. The number of aryl methyl sites for hydroxylation is 1. The first-order valence-electron chi connectivity index (χ1n) is 7.90. The van der Waals surface area contributed by atoms with Gasteiger partial charge in [0, 0.05) is 37.5 Å². The molecule has 1 N–H and O–H groups in total. The number of hydrogen-bond acceptors (Lipinski definition) is 6. The third-order valence-corrected chi connectivity index (χ3v) is 4.50. The second-order valence-corrected chi connectivity index (χ2v) is 5.97. The highest BCUT2D eigenvalue weighted by Gasteiger charge is 2.31. The molecule has 0 aliphatic carbocycles. The predicted octanol–water partition coefficient (Wildman–Crippen LogP) is 1.57. The summed E-state index contributed by atoms with van der Waals surface area (Å²) in [6, 6.07) is 4.07. The number of ether oxygens (including phenoxy) is 1. The minimum atomic E-state index is 0.0782. The van der Waals surface area contributed by atoms with Crippen LogP contribution in [0.1, 0.15) is 28.4 Å². The normalized spacial score (nSPS) is 16.4. The van der Waals surface area contributed by atoms with Crippen LogP contribution in [-0.4, -0.2) is 38.4 Å². The van der Waals surface area contributed by atoms with Gasteiger partial charge in [-0.1, -0.05) is 0 Å². The largest absolute Gasteiger partial charge is 0.480 e. The first-order chi connectivity index (χ1) is 12.2. The lowest BCUT2D eigenvalue weighted by atomic mass is 9.92. The average Bonchev–Trinajstić information content (AvgIpc) is 3.28. The van der Waals surface area contributed by atoms with Gasteiger partial charge in [0.05, 0.1) is 43.3 Å². The number of pyridine rings is 1. The summed E-state index contributed by atoms with van der Waals surface area (Å²) in [5.74, 6) is 0.419. The van der Waals surface area contributed by atoms with Crippen molar-refractivity contribution in [2.75, 3.05) is 18.6 Å². The summed E-state index contributed by atoms with van der Waals surface area (Å²) in [5.41, 5.74) is 4.42. The van der Waals surface area contributed by atoms with E-state index in [2.05, 4.69) is 31.0 Å². The summed E-state index contributed by atoms with van der Waals surface area (Å²) in [7, 11) is 3.42. The Morgan fingerprint density at radius 1 is 1.40 bits per heavy atom. The van der Waals surface area contributed by atoms with Crippen LogP contribution in [0.3, 0.4) is 0 Å². The molecule has 1 aliphatic heterocycles. The zero-order chi connectivity index (χ0) is 17.4. The lowest BCUT2D eigenvalue weighted by Crippen LogP contribution is -2.34. The van der Waals surface area contributed by atoms with Gasteiger partial charge < -0.3 is 14.6 Å². The SMILES string of the molecule is COc1nccc(N2Cc3[nH]cnc3C(c3cnn(C)c3)C2)c1C#N. The van der Waals surface area contributed by atoms with Crippen LogP contribution in [0.4, 0.5) is 5.69 Å². The number of nitrogens with zero attached hydrogens (tertiary/aromatic N) is 6. The van der Waals surface area contributed by atoms with Gasteiger partial charge in [-0.3, -0.25) is 4.68 Å². The third-order valence-electron chi connectivity index (χ3n) is 4.50. The van der Waals surface area contributed by atoms with E-state index in [0.29, 0.717) is 24.5 Å². The lowest BCUT2D eigenvalue weighted by Gasteiger charge is -2.33. The summed E-state index contributed by atoms with van der Waals surface area (Å²) in [6.45, 7) is 1.35. The molecule has 8 nitrogen and oxygen atoms in total. The number of methoxy groups -OCH3 is 1. The van der Waals surface area contributed by atoms with Crippen LogP contribution in [0.15, 0.2) is 31.0 Å². The first kappa shape index (κ1) is 15.2. The Kier molecular flexibility index (Phi) is 3.61. The molecule has 1 atom stereocenters. The summed E-state index contributed by atoms with van der Waals surface area (Å²) in [5, 5.41) is 13.9. The van der Waals surface area contributed by atoms with E-state index in [1.807, 2.05) is 25.5 Å². The number of hydrogen-bond donors (Lipinski definition) is 1. The van der Waals surface area contributed by atoms with Crippen molar-refractivity contribution in [2.45, 2.75) is 12.5 Å². The molecule has 0 saturated heterocycles. The van der Waals surface area contributed by atoms with Crippen LogP contribution in [-0.2, 0) is 13.6 Å². The van der Waals surface area contributed by atoms with Crippen LogP contribution < -0.4 is 9.64 Å². The van der Waals surface area contributed by atoms with Crippen molar-refractivity contribution in [3.05, 3.63) is 53.5 Å². The molecule has 0 amide bonds. The van der Waals surface area contributed by atoms with Gasteiger partial charge in [0.25, 0.3) is 0 Å². The van der Waals surface area contributed by atoms with Crippen LogP contribution in [0.2, 0.25) is 0 Å². The van der Waals surface area contributed by atoms with Crippen LogP contribution in [0.5, 0.6) is 5.88 Å². The zero-order valence-corrected chi connectivity index (χ0v) is 14.0. The van der Waals surface area contributed by atoms with Crippen molar-refractivity contribution < 1.29 is 4.74 Å². The number of nitriles is 1. The standard InChI is InChI=1S/C17H17N7O/c1-23-7-11(6-22-23)13-8-24(9-14-16(13)21-10-20-14)15-3-4-19-17(25-2)12(15)5-18/h3-4,6-7,10,13H,8-9H2,1-2H3,(H,20,21). The number of H-pyrrole nitrogens is 1. The number of imidazole rings is 1. The van der Waals surface area contributed by atoms with Crippen LogP contribution in [0, 0.1) is 11.3 Å². The quantitative estimate of drug-likeness (QED) is 0.780. The number of fused-ring (bicyclic) bond motifs is 1. The van der Waals surface area contributed by atoms with Gasteiger partial charge in [0.1, 0.15) is 11.6 Å². The molecular weight excluding hydrogens is 318 g/mol. The molecule has 8 heteroatoms. The van der Waals surface area contributed by atoms with Crippen LogP contribution >= 0.6 is 0 Å². The van der Waals surface area contributed by atoms with E-state index in [1.54, 1.807) is 17.2 Å². The summed E-state index contributed by atoms with van der Waals surface area (Å²) >= 11 is 0. The maximum atomic E-state index is 9.57. The van der Waals surface area contributed by atoms with E-state index in [1.165, 1.54) is 7.11 Å². The third kappa shape index (κ3) is 2.50. The van der Waals surface area contributed by atoms with E-state index in [-0.39, 0.29) is 5.92 Å². The van der Waals surface area contributed by atoms with Gasteiger partial charge in [0.15, 0.2) is 0 Å². The van der Waals surface area contributed by atoms with Gasteiger partial charge in [-0.25, -0.2) is 9.97 Å². The maximum Gasteiger partial charge on any atom is 0.233 e. The predicted molar refractivity (Wildman–Crippen MR) is 90.2 cm³/mol. The number of aromatic nitrogens is 5. The van der Waals surface area contributed by atoms with Crippen molar-refractivity contribution in [1.29, 1.82) is 5.26 Å². The van der Waals surface area contributed by atoms with Crippen LogP contribution in [0.25, 0.3) is 0 Å². The zero-order valence-electron chi connectivity index (χ0n) is 14.0. The van der Waals surface area contributed by atoms with E-state index >= 15 is 0 Å². The average molecular weight is 335 g/mol. The number of nitrogens with one attached hydrogen (secondary N) is 1. The van der Waals surface area contributed by atoms with Gasteiger partial charge in [-0.2, -0.15) is 10.4 Å². The molecule has 1 unspecified atom stereocenters. The van der Waals surface area contributed by atoms with E-state index in [4.69, 9.17) is 4.74 Å². The highest BCUT2D eigenvalue weighted by Crippen LogP contribution is 2.36. The van der Waals surface area contributed by atoms with Crippen molar-refractivity contribution in [3.63, 3.8) is 0 Å². The van der Waals surface area contributed by atoms with E-state index < -0.39 is 0 Å². The highest BCUT2D eigenvalue weighted by atomic mass is 16.5. The Labute approximate surface area is 144 Å². The second kappa shape index (κ2) is 5.94. The van der Waals surface area contributed by atoms with Gasteiger partial charge >= 0.3 is 0 Å². The topological polar surface area (TPSA) is 95.7 Å². The fourth-order valence-electron chi connectivity index (χ4n) is 3.34. The Bertz CT molecular complexity index is 952. The first-order valence-corrected chi connectivity index (χ1v) is 7.90. The van der Waals surface area contributed by atoms with Crippen molar-refractivity contribution >= 4 is 5.69 Å². The number of aromatic amines is 1. The van der Waals surface area contributed by atoms with Gasteiger partial charge in [0.2, 0.25) is 5.88 Å². The van der Waals surface area contributed by atoms with Gasteiger partial charge in [-0.15, -0.1) is 0 Å². The smallest absolute Gasteiger partial charge is 0.233 e. The molecule has 4 rings (SSSR count). The molecular formula is C17H17N7O. The monoisotopic (exact) mass is 335 g/mol. The Hall–Kier alpha value is -3.34. The Morgan fingerprint density at radius 2 is 2.28 bits per heavy atom. The number of rotatable bonds is 3. The van der Waals surface area contributed by atoms with Crippen molar-refractivity contribution in [2.24, 2.45) is 7.05 Å². The van der Waals surface area contributed by atoms with E-state index in [0.717, 1.165) is 22.6 Å². The molecule has 1 aliphatic rings. The van der Waals surface area contributed by atoms with E-state index in [9.17, 15) is 5.26 Å². The van der Waals surface area contributed by atoms with Gasteiger partial charge in [-0.05, 0) is 6.07 Å². The molecule has 3 aromatic heterocycles. The molecule has 0 saturated carbocycles. The summed E-state index contributed by atoms with van der Waals surface area (Å²) in [4.78, 5) is 14.0. The lowest BCUT2D eigenvalue weighted by molar-refractivity contribution is 0.396. The minimum absolute atomic E-state index is 0.0782. The highest BCUT2D eigenvalue weighted by molar-refractivity contribution is 5.64. The summed E-state index contributed by atoms with van der Waals surface area (Å²) in [6.07, 6.45) is 7.25. The molecule has 0 bridgehead atoms. The molecule has 0 spiro atoms.